The fraction of sp³-hybridized carbons (Fsp3) is 0.750. The van der Waals surface area contributed by atoms with Crippen LogP contribution >= 0.6 is 0 Å². The molecule has 15 heavy (non-hydrogen) atoms. The molecule has 1 heterocycles. The van der Waals surface area contributed by atoms with Gasteiger partial charge in [0.1, 0.15) is 0 Å². The summed E-state index contributed by atoms with van der Waals surface area (Å²) >= 11 is 0. The number of esters is 1. The molecule has 0 bridgehead atoms. The van der Waals surface area contributed by atoms with E-state index in [0.717, 1.165) is 13.0 Å². The fourth-order valence-electron chi connectivity index (χ4n) is 1.92. The number of carbonyl (C=O) groups excluding carboxylic acids is 1. The van der Waals surface area contributed by atoms with Gasteiger partial charge < -0.3 is 4.74 Å². The lowest BCUT2D eigenvalue weighted by atomic mass is 10.0. The van der Waals surface area contributed by atoms with Crippen molar-refractivity contribution in [2.75, 3.05) is 13.7 Å². The highest BCUT2D eigenvalue weighted by Crippen LogP contribution is 2.18. The van der Waals surface area contributed by atoms with Crippen LogP contribution in [0.3, 0.4) is 0 Å². The first-order valence-corrected chi connectivity index (χ1v) is 5.50. The highest BCUT2D eigenvalue weighted by Gasteiger charge is 2.22. The maximum atomic E-state index is 10.9. The van der Waals surface area contributed by atoms with Crippen LogP contribution < -0.4 is 0 Å². The Kier molecular flexibility index (Phi) is 4.64. The van der Waals surface area contributed by atoms with Crippen molar-refractivity contribution < 1.29 is 9.53 Å². The van der Waals surface area contributed by atoms with Crippen LogP contribution in [0.2, 0.25) is 0 Å². The van der Waals surface area contributed by atoms with Crippen molar-refractivity contribution in [3.63, 3.8) is 0 Å². The lowest BCUT2D eigenvalue weighted by Crippen LogP contribution is -2.43. The van der Waals surface area contributed by atoms with Gasteiger partial charge in [-0.15, -0.1) is 0 Å². The molecule has 1 aliphatic rings. The molecular weight excluding hydrogens is 190 g/mol. The Morgan fingerprint density at radius 1 is 1.47 bits per heavy atom. The van der Waals surface area contributed by atoms with Gasteiger partial charge in [-0.2, -0.15) is 0 Å². The smallest absolute Gasteiger partial charge is 0.384 e. The van der Waals surface area contributed by atoms with Crippen LogP contribution in [-0.2, 0) is 9.53 Å². The summed E-state index contributed by atoms with van der Waals surface area (Å²) in [5, 5.41) is 0. The average molecular weight is 209 g/mol. The Hall–Kier alpha value is -1.01. The van der Waals surface area contributed by atoms with Crippen molar-refractivity contribution in [2.24, 2.45) is 0 Å². The Morgan fingerprint density at radius 3 is 2.80 bits per heavy atom. The number of hydrogen-bond acceptors (Lipinski definition) is 3. The van der Waals surface area contributed by atoms with Crippen molar-refractivity contribution in [1.29, 1.82) is 0 Å². The molecule has 0 saturated carbocycles. The summed E-state index contributed by atoms with van der Waals surface area (Å²) in [6.07, 6.45) is 3.49. The maximum Gasteiger partial charge on any atom is 0.384 e. The topological polar surface area (TPSA) is 29.5 Å². The van der Waals surface area contributed by atoms with Gasteiger partial charge in [-0.05, 0) is 39.7 Å². The number of ether oxygens (including phenoxy) is 1. The summed E-state index contributed by atoms with van der Waals surface area (Å²) in [6, 6.07) is 0.708. The molecule has 0 aromatic rings. The maximum absolute atomic E-state index is 10.9. The summed E-state index contributed by atoms with van der Waals surface area (Å²) < 4.78 is 4.51. The van der Waals surface area contributed by atoms with Gasteiger partial charge >= 0.3 is 5.97 Å². The van der Waals surface area contributed by atoms with Gasteiger partial charge in [-0.1, -0.05) is 5.92 Å². The van der Waals surface area contributed by atoms with Crippen LogP contribution in [0.25, 0.3) is 0 Å². The monoisotopic (exact) mass is 209 g/mol. The van der Waals surface area contributed by atoms with Crippen LogP contribution in [-0.4, -0.2) is 36.6 Å². The average Bonchev–Trinajstić information content (AvgIpc) is 2.26. The summed E-state index contributed by atoms with van der Waals surface area (Å²) in [4.78, 5) is 13.3. The molecule has 0 aromatic heterocycles. The van der Waals surface area contributed by atoms with E-state index >= 15 is 0 Å². The molecule has 3 nitrogen and oxygen atoms in total. The van der Waals surface area contributed by atoms with Gasteiger partial charge in [0, 0.05) is 12.0 Å². The number of nitrogens with zero attached hydrogens (tertiary/aromatic N) is 1. The molecule has 1 atom stereocenters. The van der Waals surface area contributed by atoms with E-state index in [0.29, 0.717) is 6.04 Å². The van der Waals surface area contributed by atoms with E-state index in [4.69, 9.17) is 0 Å². The van der Waals surface area contributed by atoms with Crippen molar-refractivity contribution in [2.45, 2.75) is 45.2 Å². The molecule has 1 rings (SSSR count). The summed E-state index contributed by atoms with van der Waals surface area (Å²) in [5.41, 5.74) is 0. The normalized spacial score (nSPS) is 22.0. The molecule has 0 radical (unpaired) electrons. The largest absolute Gasteiger partial charge is 0.459 e. The Bertz CT molecular complexity index is 275. The first kappa shape index (κ1) is 12.1. The molecule has 3 heteroatoms. The second kappa shape index (κ2) is 5.77. The van der Waals surface area contributed by atoms with Crippen molar-refractivity contribution in [3.8, 4) is 11.8 Å². The van der Waals surface area contributed by atoms with Gasteiger partial charge in [-0.3, -0.25) is 4.90 Å². The third kappa shape index (κ3) is 3.56. The van der Waals surface area contributed by atoms with Gasteiger partial charge in [-0.25, -0.2) is 4.79 Å². The summed E-state index contributed by atoms with van der Waals surface area (Å²) in [6.45, 7) is 5.41. The minimum absolute atomic E-state index is 0.220. The van der Waals surface area contributed by atoms with Gasteiger partial charge in [0.25, 0.3) is 0 Å². The van der Waals surface area contributed by atoms with Crippen molar-refractivity contribution in [1.82, 2.24) is 4.90 Å². The van der Waals surface area contributed by atoms with E-state index in [9.17, 15) is 4.79 Å². The summed E-state index contributed by atoms with van der Waals surface area (Å²) in [5.74, 6) is 5.10. The first-order chi connectivity index (χ1) is 7.15. The molecule has 0 aromatic carbocycles. The third-order valence-corrected chi connectivity index (χ3v) is 2.73. The fourth-order valence-corrected chi connectivity index (χ4v) is 1.92. The van der Waals surface area contributed by atoms with E-state index in [1.807, 2.05) is 0 Å². The van der Waals surface area contributed by atoms with Crippen LogP contribution in [0, 0.1) is 11.8 Å². The molecule has 1 saturated heterocycles. The number of rotatable bonds is 1. The zero-order valence-electron chi connectivity index (χ0n) is 9.75. The molecule has 1 fully saturated rings. The van der Waals surface area contributed by atoms with E-state index in [1.54, 1.807) is 0 Å². The molecule has 0 aliphatic carbocycles. The number of methoxy groups -OCH3 is 1. The molecular formula is C12H19NO2. The molecule has 0 spiro atoms. The summed E-state index contributed by atoms with van der Waals surface area (Å²) in [7, 11) is 1.36. The van der Waals surface area contributed by atoms with Gasteiger partial charge in [0.15, 0.2) is 0 Å². The van der Waals surface area contributed by atoms with E-state index in [2.05, 4.69) is 35.3 Å². The van der Waals surface area contributed by atoms with Crippen LogP contribution in [0.5, 0.6) is 0 Å². The lowest BCUT2D eigenvalue weighted by Gasteiger charge is -2.35. The van der Waals surface area contributed by atoms with Crippen LogP contribution in [0.15, 0.2) is 0 Å². The SMILES string of the molecule is COC(=O)C#CC1CCCCN1C(C)C. The number of piperidine rings is 1. The number of likely N-dealkylation sites (tertiary alicyclic amines) is 1. The second-order valence-electron chi connectivity index (χ2n) is 4.10. The lowest BCUT2D eigenvalue weighted by molar-refractivity contribution is -0.133. The quantitative estimate of drug-likeness (QED) is 0.372. The highest BCUT2D eigenvalue weighted by molar-refractivity contribution is 5.88. The predicted molar refractivity (Wildman–Crippen MR) is 59.3 cm³/mol. The van der Waals surface area contributed by atoms with Crippen LogP contribution in [0.4, 0.5) is 0 Å². The molecule has 0 N–H and O–H groups in total. The van der Waals surface area contributed by atoms with E-state index in [-0.39, 0.29) is 6.04 Å². The predicted octanol–water partition coefficient (Wildman–Crippen LogP) is 1.43. The van der Waals surface area contributed by atoms with E-state index in [1.165, 1.54) is 20.0 Å². The Labute approximate surface area is 91.8 Å². The Balaban J connectivity index is 2.63. The number of carbonyl (C=O) groups is 1. The molecule has 0 amide bonds. The Morgan fingerprint density at radius 2 is 2.20 bits per heavy atom. The zero-order valence-corrected chi connectivity index (χ0v) is 9.75. The number of hydrogen-bond donors (Lipinski definition) is 0. The highest BCUT2D eigenvalue weighted by atomic mass is 16.5. The first-order valence-electron chi connectivity index (χ1n) is 5.50. The van der Waals surface area contributed by atoms with Crippen LogP contribution in [0.1, 0.15) is 33.1 Å². The van der Waals surface area contributed by atoms with Crippen molar-refractivity contribution >= 4 is 5.97 Å². The van der Waals surface area contributed by atoms with Gasteiger partial charge in [0.2, 0.25) is 0 Å². The second-order valence-corrected chi connectivity index (χ2v) is 4.10. The molecule has 1 unspecified atom stereocenters. The molecule has 84 valence electrons. The van der Waals surface area contributed by atoms with E-state index < -0.39 is 5.97 Å². The minimum Gasteiger partial charge on any atom is -0.459 e. The van der Waals surface area contributed by atoms with Crippen molar-refractivity contribution in [3.05, 3.63) is 0 Å². The third-order valence-electron chi connectivity index (χ3n) is 2.73. The van der Waals surface area contributed by atoms with Gasteiger partial charge in [0.05, 0.1) is 13.2 Å². The minimum atomic E-state index is -0.440. The molecule has 1 aliphatic heterocycles. The standard InChI is InChI=1S/C12H19NO2/c1-10(2)13-9-5-4-6-11(13)7-8-12(14)15-3/h10-11H,4-6,9H2,1-3H3. The zero-order chi connectivity index (χ0) is 11.3.